The van der Waals surface area contributed by atoms with Gasteiger partial charge >= 0.3 is 0 Å². The largest absolute Gasteiger partial charge is 0.382 e. The summed E-state index contributed by atoms with van der Waals surface area (Å²) < 4.78 is 10.7. The summed E-state index contributed by atoms with van der Waals surface area (Å²) in [6, 6.07) is 4.21. The van der Waals surface area contributed by atoms with Gasteiger partial charge in [-0.2, -0.15) is 0 Å². The highest BCUT2D eigenvalue weighted by molar-refractivity contribution is 14.0. The number of ether oxygens (including phenoxy) is 2. The topological polar surface area (TPSA) is 46.1 Å². The van der Waals surface area contributed by atoms with Crippen LogP contribution in [-0.2, 0) is 16.0 Å². The summed E-state index contributed by atoms with van der Waals surface area (Å²) in [5.41, 5.74) is 0. The second-order valence-electron chi connectivity index (χ2n) is 5.42. The molecule has 0 amide bonds. The van der Waals surface area contributed by atoms with Gasteiger partial charge in [0.25, 0.3) is 0 Å². The summed E-state index contributed by atoms with van der Waals surface area (Å²) in [7, 11) is 1.70. The molecule has 132 valence electrons. The van der Waals surface area contributed by atoms with E-state index in [1.807, 2.05) is 0 Å². The quantitative estimate of drug-likeness (QED) is 0.285. The Kier molecular flexibility index (Phi) is 10.8. The molecule has 2 heterocycles. The number of guanidine groups is 1. The molecule has 1 aliphatic heterocycles. The fraction of sp³-hybridized carbons (Fsp3) is 0.688. The van der Waals surface area contributed by atoms with Crippen molar-refractivity contribution in [1.29, 1.82) is 0 Å². The lowest BCUT2D eigenvalue weighted by atomic mass is 10.1. The average molecular weight is 453 g/mol. The Morgan fingerprint density at radius 2 is 2.35 bits per heavy atom. The van der Waals surface area contributed by atoms with Crippen molar-refractivity contribution in [2.24, 2.45) is 10.9 Å². The number of hydrogen-bond acceptors (Lipinski definition) is 4. The van der Waals surface area contributed by atoms with Crippen LogP contribution in [0.4, 0.5) is 0 Å². The van der Waals surface area contributed by atoms with Crippen molar-refractivity contribution in [3.05, 3.63) is 22.4 Å². The Morgan fingerprint density at radius 3 is 3.04 bits per heavy atom. The molecular weight excluding hydrogens is 425 g/mol. The van der Waals surface area contributed by atoms with Crippen molar-refractivity contribution in [2.75, 3.05) is 46.6 Å². The van der Waals surface area contributed by atoms with E-state index < -0.39 is 0 Å². The van der Waals surface area contributed by atoms with E-state index in [9.17, 15) is 0 Å². The van der Waals surface area contributed by atoms with Crippen LogP contribution in [0.25, 0.3) is 0 Å². The Morgan fingerprint density at radius 1 is 1.48 bits per heavy atom. The summed E-state index contributed by atoms with van der Waals surface area (Å²) in [4.78, 5) is 8.41. The number of rotatable bonds is 8. The summed E-state index contributed by atoms with van der Waals surface area (Å²) >= 11 is 1.76. The van der Waals surface area contributed by atoms with E-state index in [0.717, 1.165) is 45.2 Å². The molecule has 1 unspecified atom stereocenters. The third-order valence-corrected chi connectivity index (χ3v) is 4.53. The predicted octanol–water partition coefficient (Wildman–Crippen LogP) is 2.82. The minimum absolute atomic E-state index is 0. The van der Waals surface area contributed by atoms with Crippen molar-refractivity contribution in [3.63, 3.8) is 0 Å². The van der Waals surface area contributed by atoms with E-state index in [0.29, 0.717) is 19.1 Å². The Bertz CT molecular complexity index is 443. The SMILES string of the molecule is CCNC(=NCc1cccs1)N1CCC(COCCOC)C1.I. The smallest absolute Gasteiger partial charge is 0.194 e. The van der Waals surface area contributed by atoms with Gasteiger partial charge < -0.3 is 19.7 Å². The van der Waals surface area contributed by atoms with Crippen molar-refractivity contribution >= 4 is 41.3 Å². The van der Waals surface area contributed by atoms with Crippen LogP contribution in [0.3, 0.4) is 0 Å². The molecule has 1 aromatic heterocycles. The molecule has 0 aromatic carbocycles. The van der Waals surface area contributed by atoms with Crippen molar-refractivity contribution in [3.8, 4) is 0 Å². The highest BCUT2D eigenvalue weighted by Crippen LogP contribution is 2.17. The fourth-order valence-corrected chi connectivity index (χ4v) is 3.16. The Labute approximate surface area is 160 Å². The molecule has 0 spiro atoms. The first-order valence-electron chi connectivity index (χ1n) is 7.95. The average Bonchev–Trinajstić information content (AvgIpc) is 3.19. The zero-order valence-electron chi connectivity index (χ0n) is 14.0. The van der Waals surface area contributed by atoms with E-state index in [-0.39, 0.29) is 24.0 Å². The molecule has 1 atom stereocenters. The number of aliphatic imine (C=N–C) groups is 1. The monoisotopic (exact) mass is 453 g/mol. The van der Waals surface area contributed by atoms with Crippen LogP contribution in [0.15, 0.2) is 22.5 Å². The zero-order valence-corrected chi connectivity index (χ0v) is 17.1. The summed E-state index contributed by atoms with van der Waals surface area (Å²) in [5, 5.41) is 5.50. The number of nitrogens with one attached hydrogen (secondary N) is 1. The third kappa shape index (κ3) is 7.36. The second kappa shape index (κ2) is 12.0. The highest BCUT2D eigenvalue weighted by atomic mass is 127. The lowest BCUT2D eigenvalue weighted by Gasteiger charge is -2.21. The molecule has 0 aliphatic carbocycles. The third-order valence-electron chi connectivity index (χ3n) is 3.67. The molecule has 0 bridgehead atoms. The normalized spacial score (nSPS) is 18.1. The molecule has 1 saturated heterocycles. The molecule has 7 heteroatoms. The minimum Gasteiger partial charge on any atom is -0.382 e. The molecule has 1 aromatic rings. The van der Waals surface area contributed by atoms with Crippen LogP contribution < -0.4 is 5.32 Å². The Hall–Kier alpha value is -0.380. The van der Waals surface area contributed by atoms with Gasteiger partial charge in [0.15, 0.2) is 5.96 Å². The van der Waals surface area contributed by atoms with E-state index in [4.69, 9.17) is 14.5 Å². The van der Waals surface area contributed by atoms with Crippen LogP contribution in [0, 0.1) is 5.92 Å². The van der Waals surface area contributed by atoms with Crippen LogP contribution in [0.5, 0.6) is 0 Å². The van der Waals surface area contributed by atoms with Gasteiger partial charge in [-0.15, -0.1) is 35.3 Å². The van der Waals surface area contributed by atoms with Crippen molar-refractivity contribution in [2.45, 2.75) is 19.9 Å². The zero-order chi connectivity index (χ0) is 15.6. The van der Waals surface area contributed by atoms with Gasteiger partial charge in [0.2, 0.25) is 0 Å². The number of hydrogen-bond donors (Lipinski definition) is 1. The van der Waals surface area contributed by atoms with Crippen molar-refractivity contribution in [1.82, 2.24) is 10.2 Å². The highest BCUT2D eigenvalue weighted by Gasteiger charge is 2.24. The van der Waals surface area contributed by atoms with Gasteiger partial charge in [0, 0.05) is 37.5 Å². The first kappa shape index (κ1) is 20.7. The van der Waals surface area contributed by atoms with Gasteiger partial charge in [-0.05, 0) is 24.8 Å². The van der Waals surface area contributed by atoms with Gasteiger partial charge in [0.1, 0.15) is 0 Å². The first-order chi connectivity index (χ1) is 10.8. The minimum atomic E-state index is 0. The number of nitrogens with zero attached hydrogens (tertiary/aromatic N) is 2. The van der Waals surface area contributed by atoms with E-state index >= 15 is 0 Å². The standard InChI is InChI=1S/C16H27N3O2S.HI/c1-3-17-16(18-11-15-5-4-10-22-15)19-7-6-14(12-19)13-21-9-8-20-2;/h4-5,10,14H,3,6-9,11-13H2,1-2H3,(H,17,18);1H. The number of thiophene rings is 1. The van der Waals surface area contributed by atoms with Crippen molar-refractivity contribution < 1.29 is 9.47 Å². The van der Waals surface area contributed by atoms with E-state index in [1.165, 1.54) is 4.88 Å². The van der Waals surface area contributed by atoms with Gasteiger partial charge in [-0.1, -0.05) is 6.07 Å². The molecule has 1 N–H and O–H groups in total. The molecule has 2 rings (SSSR count). The first-order valence-corrected chi connectivity index (χ1v) is 8.83. The van der Waals surface area contributed by atoms with Gasteiger partial charge in [-0.3, -0.25) is 0 Å². The van der Waals surface area contributed by atoms with Crippen LogP contribution in [-0.4, -0.2) is 57.4 Å². The van der Waals surface area contributed by atoms with E-state index in [2.05, 4.69) is 34.7 Å². The molecule has 1 fully saturated rings. The van der Waals surface area contributed by atoms with E-state index in [1.54, 1.807) is 18.4 Å². The lowest BCUT2D eigenvalue weighted by molar-refractivity contribution is 0.0536. The lowest BCUT2D eigenvalue weighted by Crippen LogP contribution is -2.40. The summed E-state index contributed by atoms with van der Waals surface area (Å²) in [6.45, 7) is 7.99. The molecule has 0 saturated carbocycles. The maximum atomic E-state index is 5.65. The number of likely N-dealkylation sites (tertiary alicyclic amines) is 1. The maximum absolute atomic E-state index is 5.65. The van der Waals surface area contributed by atoms with Crippen LogP contribution in [0.2, 0.25) is 0 Å². The second-order valence-corrected chi connectivity index (χ2v) is 6.45. The molecular formula is C16H28IN3O2S. The maximum Gasteiger partial charge on any atom is 0.194 e. The predicted molar refractivity (Wildman–Crippen MR) is 107 cm³/mol. The molecule has 0 radical (unpaired) electrons. The number of methoxy groups -OCH3 is 1. The van der Waals surface area contributed by atoms with Crippen LogP contribution >= 0.6 is 35.3 Å². The van der Waals surface area contributed by atoms with Gasteiger partial charge in [-0.25, -0.2) is 4.99 Å². The molecule has 1 aliphatic rings. The molecule has 5 nitrogen and oxygen atoms in total. The summed E-state index contributed by atoms with van der Waals surface area (Å²) in [5.74, 6) is 1.61. The summed E-state index contributed by atoms with van der Waals surface area (Å²) in [6.07, 6.45) is 1.16. The fourth-order valence-electron chi connectivity index (χ4n) is 2.53. The van der Waals surface area contributed by atoms with Crippen LogP contribution in [0.1, 0.15) is 18.2 Å². The number of halogens is 1. The Balaban J connectivity index is 0.00000264. The van der Waals surface area contributed by atoms with Gasteiger partial charge in [0.05, 0.1) is 26.4 Å². The molecule has 23 heavy (non-hydrogen) atoms.